The molecule has 2 unspecified atom stereocenters. The summed E-state index contributed by atoms with van der Waals surface area (Å²) in [5, 5.41) is 9.67. The van der Waals surface area contributed by atoms with E-state index in [0.29, 0.717) is 6.42 Å². The fraction of sp³-hybridized carbons (Fsp3) is 0.750. The maximum atomic E-state index is 11.7. The molecule has 1 N–H and O–H groups in total. The lowest BCUT2D eigenvalue weighted by Gasteiger charge is -2.18. The summed E-state index contributed by atoms with van der Waals surface area (Å²) in [5.41, 5.74) is 0. The highest BCUT2D eigenvalue weighted by molar-refractivity contribution is 5.87. The summed E-state index contributed by atoms with van der Waals surface area (Å²) in [6.07, 6.45) is -0.713. The van der Waals surface area contributed by atoms with Crippen LogP contribution in [0.4, 0.5) is 0 Å². The monoisotopic (exact) mass is 276 g/mol. The molecule has 0 rings (SSSR count). The normalized spacial score (nSPS) is 13.3. The Morgan fingerprint density at radius 2 is 1.74 bits per heavy atom. The number of unbranched alkanes of at least 4 members (excludes halogenated alkanes) is 1. The van der Waals surface area contributed by atoms with Crippen molar-refractivity contribution in [2.24, 2.45) is 5.92 Å². The molecule has 0 aromatic heterocycles. The van der Waals surface area contributed by atoms with Crippen molar-refractivity contribution in [2.75, 3.05) is 20.8 Å². The predicted octanol–water partition coefficient (Wildman–Crippen LogP) is 0.0429. The highest BCUT2D eigenvalue weighted by Gasteiger charge is 2.36. The second kappa shape index (κ2) is 9.32. The van der Waals surface area contributed by atoms with E-state index in [2.05, 4.69) is 9.47 Å². The SMILES string of the molecule is CCCCOC(=O)C(CC(=O)OC)C(O)C(=O)OC. The Labute approximate surface area is 111 Å². The molecule has 0 fully saturated rings. The minimum atomic E-state index is -1.75. The lowest BCUT2D eigenvalue weighted by Crippen LogP contribution is -2.38. The predicted molar refractivity (Wildman–Crippen MR) is 64.0 cm³/mol. The van der Waals surface area contributed by atoms with Crippen LogP contribution in [0.2, 0.25) is 0 Å². The van der Waals surface area contributed by atoms with Gasteiger partial charge in [0.25, 0.3) is 0 Å². The van der Waals surface area contributed by atoms with Gasteiger partial charge in [-0.15, -0.1) is 0 Å². The second-order valence-corrected chi connectivity index (χ2v) is 3.88. The van der Waals surface area contributed by atoms with Crippen LogP contribution in [0, 0.1) is 5.92 Å². The van der Waals surface area contributed by atoms with Crippen LogP contribution in [0.25, 0.3) is 0 Å². The van der Waals surface area contributed by atoms with Gasteiger partial charge < -0.3 is 19.3 Å². The quantitative estimate of drug-likeness (QED) is 0.379. The van der Waals surface area contributed by atoms with Crippen molar-refractivity contribution in [3.05, 3.63) is 0 Å². The Balaban J connectivity index is 4.69. The molecule has 0 amide bonds. The molecule has 0 saturated heterocycles. The first-order valence-corrected chi connectivity index (χ1v) is 5.97. The first kappa shape index (κ1) is 17.4. The molecule has 0 aromatic carbocycles. The second-order valence-electron chi connectivity index (χ2n) is 3.88. The highest BCUT2D eigenvalue weighted by atomic mass is 16.5. The minimum absolute atomic E-state index is 0.168. The van der Waals surface area contributed by atoms with Crippen LogP contribution in [0.1, 0.15) is 26.2 Å². The van der Waals surface area contributed by atoms with Crippen LogP contribution in [0.5, 0.6) is 0 Å². The molecule has 0 aliphatic carbocycles. The third kappa shape index (κ3) is 6.19. The van der Waals surface area contributed by atoms with E-state index < -0.39 is 36.4 Å². The number of carbonyl (C=O) groups excluding carboxylic acids is 3. The van der Waals surface area contributed by atoms with E-state index in [1.807, 2.05) is 6.92 Å². The van der Waals surface area contributed by atoms with Crippen molar-refractivity contribution in [2.45, 2.75) is 32.3 Å². The Morgan fingerprint density at radius 1 is 1.11 bits per heavy atom. The zero-order valence-electron chi connectivity index (χ0n) is 11.4. The Morgan fingerprint density at radius 3 is 2.21 bits per heavy atom. The summed E-state index contributed by atoms with van der Waals surface area (Å²) >= 11 is 0. The van der Waals surface area contributed by atoms with Gasteiger partial charge in [0.15, 0.2) is 6.10 Å². The first-order chi connectivity index (χ1) is 8.97. The molecule has 19 heavy (non-hydrogen) atoms. The molecule has 7 heteroatoms. The average molecular weight is 276 g/mol. The van der Waals surface area contributed by atoms with Crippen molar-refractivity contribution in [3.8, 4) is 0 Å². The number of rotatable bonds is 8. The van der Waals surface area contributed by atoms with E-state index in [9.17, 15) is 19.5 Å². The van der Waals surface area contributed by atoms with Crippen LogP contribution in [0.15, 0.2) is 0 Å². The molecule has 0 heterocycles. The summed E-state index contributed by atoms with van der Waals surface area (Å²) in [6, 6.07) is 0. The number of carbonyl (C=O) groups is 3. The first-order valence-electron chi connectivity index (χ1n) is 5.97. The van der Waals surface area contributed by atoms with Gasteiger partial charge in [0.2, 0.25) is 0 Å². The fourth-order valence-corrected chi connectivity index (χ4v) is 1.30. The molecule has 0 radical (unpaired) electrons. The van der Waals surface area contributed by atoms with E-state index in [1.54, 1.807) is 0 Å². The number of aliphatic hydroxyl groups excluding tert-OH is 1. The molecule has 0 saturated carbocycles. The summed E-state index contributed by atoms with van der Waals surface area (Å²) in [5.74, 6) is -3.87. The largest absolute Gasteiger partial charge is 0.469 e. The van der Waals surface area contributed by atoms with Gasteiger partial charge in [0.05, 0.1) is 27.2 Å². The van der Waals surface area contributed by atoms with Gasteiger partial charge >= 0.3 is 17.9 Å². The molecule has 0 spiro atoms. The highest BCUT2D eigenvalue weighted by Crippen LogP contribution is 2.14. The number of ether oxygens (including phenoxy) is 3. The molecular weight excluding hydrogens is 256 g/mol. The smallest absolute Gasteiger partial charge is 0.335 e. The third-order valence-corrected chi connectivity index (χ3v) is 2.48. The third-order valence-electron chi connectivity index (χ3n) is 2.48. The van der Waals surface area contributed by atoms with Gasteiger partial charge in [-0.25, -0.2) is 4.79 Å². The molecule has 0 aromatic rings. The Hall–Kier alpha value is -1.63. The van der Waals surface area contributed by atoms with Crippen LogP contribution in [0.3, 0.4) is 0 Å². The van der Waals surface area contributed by atoms with Gasteiger partial charge in [-0.1, -0.05) is 13.3 Å². The summed E-state index contributed by atoms with van der Waals surface area (Å²) in [6.45, 7) is 2.09. The van der Waals surface area contributed by atoms with Crippen LogP contribution in [-0.2, 0) is 28.6 Å². The zero-order chi connectivity index (χ0) is 14.8. The van der Waals surface area contributed by atoms with E-state index in [1.165, 1.54) is 0 Å². The summed E-state index contributed by atoms with van der Waals surface area (Å²) in [4.78, 5) is 34.1. The van der Waals surface area contributed by atoms with Crippen LogP contribution < -0.4 is 0 Å². The van der Waals surface area contributed by atoms with Crippen LogP contribution in [-0.4, -0.2) is 49.9 Å². The lowest BCUT2D eigenvalue weighted by atomic mass is 9.98. The van der Waals surface area contributed by atoms with Gasteiger partial charge in [-0.2, -0.15) is 0 Å². The Bertz CT molecular complexity index is 313. The number of esters is 3. The van der Waals surface area contributed by atoms with E-state index in [0.717, 1.165) is 20.6 Å². The minimum Gasteiger partial charge on any atom is -0.469 e. The Kier molecular flexibility index (Phi) is 8.52. The van der Waals surface area contributed by atoms with Gasteiger partial charge in [0, 0.05) is 0 Å². The molecule has 2 atom stereocenters. The number of aliphatic hydroxyl groups is 1. The molecule has 110 valence electrons. The maximum absolute atomic E-state index is 11.7. The van der Waals surface area contributed by atoms with E-state index in [-0.39, 0.29) is 6.61 Å². The van der Waals surface area contributed by atoms with Gasteiger partial charge in [-0.3, -0.25) is 9.59 Å². The van der Waals surface area contributed by atoms with Crippen molar-refractivity contribution < 1.29 is 33.7 Å². The van der Waals surface area contributed by atoms with E-state index in [4.69, 9.17) is 4.74 Å². The molecular formula is C12H20O7. The summed E-state index contributed by atoms with van der Waals surface area (Å²) in [7, 11) is 2.22. The van der Waals surface area contributed by atoms with Crippen molar-refractivity contribution in [1.82, 2.24) is 0 Å². The van der Waals surface area contributed by atoms with Crippen molar-refractivity contribution >= 4 is 17.9 Å². The molecule has 0 aliphatic heterocycles. The topological polar surface area (TPSA) is 99.1 Å². The number of hydrogen-bond donors (Lipinski definition) is 1. The molecule has 0 aliphatic rings. The van der Waals surface area contributed by atoms with Gasteiger partial charge in [0.1, 0.15) is 5.92 Å². The van der Waals surface area contributed by atoms with Gasteiger partial charge in [-0.05, 0) is 6.42 Å². The van der Waals surface area contributed by atoms with Crippen LogP contribution >= 0.6 is 0 Å². The summed E-state index contributed by atoms with van der Waals surface area (Å²) < 4.78 is 13.6. The van der Waals surface area contributed by atoms with Crippen molar-refractivity contribution in [1.29, 1.82) is 0 Å². The molecule has 0 bridgehead atoms. The zero-order valence-corrected chi connectivity index (χ0v) is 11.4. The van der Waals surface area contributed by atoms with Crippen molar-refractivity contribution in [3.63, 3.8) is 0 Å². The number of methoxy groups -OCH3 is 2. The number of hydrogen-bond acceptors (Lipinski definition) is 7. The fourth-order valence-electron chi connectivity index (χ4n) is 1.30. The lowest BCUT2D eigenvalue weighted by molar-refractivity contribution is -0.167. The van der Waals surface area contributed by atoms with E-state index >= 15 is 0 Å². The molecule has 7 nitrogen and oxygen atoms in total. The average Bonchev–Trinajstić information content (AvgIpc) is 2.42. The standard InChI is InChI=1S/C12H20O7/c1-4-5-6-19-11(15)8(7-9(13)17-2)10(14)12(16)18-3/h8,10,14H,4-7H2,1-3H3. The maximum Gasteiger partial charge on any atom is 0.335 e.